The Morgan fingerprint density at radius 2 is 0.774 bits per heavy atom. The molecular formula is C55H41F5N2. The summed E-state index contributed by atoms with van der Waals surface area (Å²) in [4.78, 5) is 11.2. The van der Waals surface area contributed by atoms with Gasteiger partial charge < -0.3 is 0 Å². The van der Waals surface area contributed by atoms with E-state index in [1.165, 1.54) is 60.7 Å². The van der Waals surface area contributed by atoms with E-state index >= 15 is 4.39 Å². The highest BCUT2D eigenvalue weighted by atomic mass is 19.1. The first-order valence-electron chi connectivity index (χ1n) is 20.8. The molecule has 8 aromatic rings. The molecule has 0 amide bonds. The van der Waals surface area contributed by atoms with Crippen molar-refractivity contribution in [3.8, 4) is 0 Å². The number of aliphatic imine (C=N–C) groups is 2. The van der Waals surface area contributed by atoms with Gasteiger partial charge in [-0.1, -0.05) is 116 Å². The van der Waals surface area contributed by atoms with Gasteiger partial charge in [0.1, 0.15) is 29.1 Å². The lowest BCUT2D eigenvalue weighted by molar-refractivity contribution is 0.618. The van der Waals surface area contributed by atoms with Gasteiger partial charge in [-0.3, -0.25) is 0 Å². The van der Waals surface area contributed by atoms with Crippen molar-refractivity contribution in [2.75, 3.05) is 0 Å². The molecule has 0 fully saturated rings. The maximum absolute atomic E-state index is 16.8. The van der Waals surface area contributed by atoms with Crippen LogP contribution in [0.25, 0.3) is 10.8 Å². The molecule has 0 aliphatic heterocycles. The molecule has 0 saturated carbocycles. The van der Waals surface area contributed by atoms with E-state index in [9.17, 15) is 17.6 Å². The van der Waals surface area contributed by atoms with E-state index in [1.54, 1.807) is 48.5 Å². The summed E-state index contributed by atoms with van der Waals surface area (Å²) in [5, 5.41) is 1.97. The molecule has 0 spiro atoms. The molecule has 0 atom stereocenters. The molecule has 0 saturated heterocycles. The highest BCUT2D eigenvalue weighted by molar-refractivity contribution is 6.61. The Kier molecular flexibility index (Phi) is 11.0. The lowest BCUT2D eigenvalue weighted by atomic mass is 9.79. The third-order valence-electron chi connectivity index (χ3n) is 11.8. The molecule has 0 heterocycles. The molecule has 1 aliphatic carbocycles. The van der Waals surface area contributed by atoms with Crippen LogP contribution in [0.15, 0.2) is 168 Å². The molecule has 0 N–H and O–H groups in total. The number of hydrogen-bond acceptors (Lipinski definition) is 2. The van der Waals surface area contributed by atoms with Gasteiger partial charge in [0.05, 0.1) is 22.8 Å². The molecular weight excluding hydrogens is 784 g/mol. The second kappa shape index (κ2) is 16.8. The first kappa shape index (κ1) is 40.4. The average Bonchev–Trinajstić information content (AvgIpc) is 3.57. The second-order valence-corrected chi connectivity index (χ2v) is 15.8. The third kappa shape index (κ3) is 7.64. The van der Waals surface area contributed by atoms with Crippen LogP contribution < -0.4 is 0 Å². The molecule has 7 heteroatoms. The fraction of sp³-hybridized carbons (Fsp3) is 0.127. The van der Waals surface area contributed by atoms with Crippen LogP contribution in [0.3, 0.4) is 0 Å². The van der Waals surface area contributed by atoms with Crippen LogP contribution >= 0.6 is 0 Å². The normalized spacial score (nSPS) is 13.6. The van der Waals surface area contributed by atoms with Gasteiger partial charge in [0.2, 0.25) is 0 Å². The Balaban J connectivity index is 1.43. The van der Waals surface area contributed by atoms with Crippen molar-refractivity contribution in [2.24, 2.45) is 9.98 Å². The summed E-state index contributed by atoms with van der Waals surface area (Å²) in [6, 6.07) is 43.2. The average molecular weight is 825 g/mol. The Morgan fingerprint density at radius 3 is 1.13 bits per heavy atom. The molecule has 306 valence electrons. The van der Waals surface area contributed by atoms with E-state index in [1.807, 2.05) is 24.3 Å². The zero-order chi connectivity index (χ0) is 43.1. The summed E-state index contributed by atoms with van der Waals surface area (Å²) in [6.07, 6.45) is 1.51. The Bertz CT molecular complexity index is 2790. The van der Waals surface area contributed by atoms with Crippen molar-refractivity contribution in [1.82, 2.24) is 0 Å². The Morgan fingerprint density at radius 1 is 0.419 bits per heavy atom. The van der Waals surface area contributed by atoms with E-state index in [-0.39, 0.29) is 0 Å². The molecule has 0 aromatic heterocycles. The van der Waals surface area contributed by atoms with Crippen molar-refractivity contribution in [3.63, 3.8) is 0 Å². The third-order valence-corrected chi connectivity index (χ3v) is 11.8. The van der Waals surface area contributed by atoms with Crippen LogP contribution in [0.4, 0.5) is 33.3 Å². The van der Waals surface area contributed by atoms with Gasteiger partial charge in [0.25, 0.3) is 0 Å². The van der Waals surface area contributed by atoms with Gasteiger partial charge in [-0.25, -0.2) is 31.9 Å². The van der Waals surface area contributed by atoms with Crippen molar-refractivity contribution < 1.29 is 22.0 Å². The lowest BCUT2D eigenvalue weighted by Crippen LogP contribution is -2.14. The summed E-state index contributed by atoms with van der Waals surface area (Å²) >= 11 is 0. The monoisotopic (exact) mass is 824 g/mol. The Labute approximate surface area is 357 Å². The molecule has 2 nitrogen and oxygen atoms in total. The van der Waals surface area contributed by atoms with Gasteiger partial charge in [-0.05, 0) is 130 Å². The van der Waals surface area contributed by atoms with Gasteiger partial charge in [-0.2, -0.15) is 0 Å². The van der Waals surface area contributed by atoms with Gasteiger partial charge >= 0.3 is 0 Å². The molecule has 0 bridgehead atoms. The van der Waals surface area contributed by atoms with Gasteiger partial charge in [0.15, 0.2) is 0 Å². The number of halogens is 5. The molecule has 8 aromatic carbocycles. The smallest absolute Gasteiger partial charge is 0.123 e. The van der Waals surface area contributed by atoms with Gasteiger partial charge in [-0.15, -0.1) is 0 Å². The molecule has 9 rings (SSSR count). The fourth-order valence-corrected chi connectivity index (χ4v) is 8.99. The van der Waals surface area contributed by atoms with E-state index in [0.29, 0.717) is 50.5 Å². The highest BCUT2D eigenvalue weighted by Gasteiger charge is 2.32. The predicted octanol–water partition coefficient (Wildman–Crippen LogP) is 14.6. The van der Waals surface area contributed by atoms with E-state index < -0.39 is 40.9 Å². The SMILES string of the molecule is CCc1cc(C)cc(CC)c1N=C1C(=Nc2c(C(c3ccc(F)cc3)c3ccc(F)cc3)cc(F)cc2C(c2ccc(F)cc2)c2ccc(F)cc2)c2cccc3cccc1c23. The quantitative estimate of drug-likeness (QED) is 0.0969. The van der Waals surface area contributed by atoms with Crippen LogP contribution in [0, 0.1) is 36.0 Å². The standard InChI is InChI=1S/C55H41F5N2/c1-4-33-28-32(3)29-34(5-2)52(33)61-54-45-10-6-8-35-9-7-11-46(51(35)45)55(54)62-53-47(49(36-12-20-40(56)21-13-36)37-14-22-41(57)23-15-37)30-44(60)31-48(53)50(38-16-24-42(58)25-17-38)39-18-26-43(59)27-19-39/h6-31,49-50H,4-5H2,1-3H3. The minimum Gasteiger partial charge on any atom is -0.246 e. The van der Waals surface area contributed by atoms with Crippen molar-refractivity contribution in [3.05, 3.63) is 248 Å². The molecule has 62 heavy (non-hydrogen) atoms. The summed E-state index contributed by atoms with van der Waals surface area (Å²) in [6.45, 7) is 6.32. The highest BCUT2D eigenvalue weighted by Crippen LogP contribution is 2.47. The maximum Gasteiger partial charge on any atom is 0.123 e. The van der Waals surface area contributed by atoms with Crippen LogP contribution in [0.2, 0.25) is 0 Å². The van der Waals surface area contributed by atoms with Crippen LogP contribution in [-0.2, 0) is 12.8 Å². The zero-order valence-corrected chi connectivity index (χ0v) is 34.4. The van der Waals surface area contributed by atoms with E-state index in [0.717, 1.165) is 57.1 Å². The van der Waals surface area contributed by atoms with Crippen molar-refractivity contribution in [1.29, 1.82) is 0 Å². The fourth-order valence-electron chi connectivity index (χ4n) is 8.99. The van der Waals surface area contributed by atoms with E-state index in [2.05, 4.69) is 45.0 Å². The molecule has 1 aliphatic rings. The minimum atomic E-state index is -0.775. The number of rotatable bonds is 10. The number of nitrogens with zero attached hydrogens (tertiary/aromatic N) is 2. The van der Waals surface area contributed by atoms with E-state index in [4.69, 9.17) is 9.98 Å². The summed E-state index contributed by atoms with van der Waals surface area (Å²) in [5.41, 5.74) is 10.8. The maximum atomic E-state index is 16.8. The zero-order valence-electron chi connectivity index (χ0n) is 34.4. The largest absolute Gasteiger partial charge is 0.246 e. The predicted molar refractivity (Wildman–Crippen MR) is 240 cm³/mol. The first-order chi connectivity index (χ1) is 30.1. The summed E-state index contributed by atoms with van der Waals surface area (Å²) < 4.78 is 75.3. The number of benzene rings is 8. The van der Waals surface area contributed by atoms with Crippen molar-refractivity contribution >= 4 is 33.6 Å². The number of hydrogen-bond donors (Lipinski definition) is 0. The van der Waals surface area contributed by atoms with Crippen molar-refractivity contribution in [2.45, 2.75) is 45.4 Å². The second-order valence-electron chi connectivity index (χ2n) is 15.8. The van der Waals surface area contributed by atoms with Crippen LogP contribution in [-0.4, -0.2) is 11.4 Å². The summed E-state index contributed by atoms with van der Waals surface area (Å²) in [7, 11) is 0. The van der Waals surface area contributed by atoms with Gasteiger partial charge in [0, 0.05) is 28.3 Å². The molecule has 0 unspecified atom stereocenters. The Hall–Kier alpha value is -6.99. The molecule has 0 radical (unpaired) electrons. The topological polar surface area (TPSA) is 24.7 Å². The summed E-state index contributed by atoms with van der Waals surface area (Å²) in [5.74, 6) is -3.95. The lowest BCUT2D eigenvalue weighted by Gasteiger charge is -2.27. The minimum absolute atomic E-state index is 0.381. The number of aryl methyl sites for hydroxylation is 3. The van der Waals surface area contributed by atoms with Crippen LogP contribution in [0.5, 0.6) is 0 Å². The van der Waals surface area contributed by atoms with Crippen LogP contribution in [0.1, 0.15) is 86.9 Å². The first-order valence-corrected chi connectivity index (χ1v) is 20.8.